The van der Waals surface area contributed by atoms with Gasteiger partial charge in [-0.15, -0.1) is 11.6 Å². The highest BCUT2D eigenvalue weighted by Crippen LogP contribution is 2.08. The number of aromatic nitrogens is 1. The van der Waals surface area contributed by atoms with Crippen LogP contribution in [0, 0.1) is 0 Å². The van der Waals surface area contributed by atoms with Crippen molar-refractivity contribution in [3.05, 3.63) is 65.5 Å². The minimum atomic E-state index is -3.32. The second kappa shape index (κ2) is 7.54. The van der Waals surface area contributed by atoms with Crippen LogP contribution in [0.2, 0.25) is 0 Å². The van der Waals surface area contributed by atoms with E-state index in [2.05, 4.69) is 9.71 Å². The molecule has 0 radical (unpaired) electrons. The van der Waals surface area contributed by atoms with Crippen LogP contribution in [0.15, 0.2) is 48.7 Å². The van der Waals surface area contributed by atoms with Gasteiger partial charge < -0.3 is 0 Å². The predicted molar refractivity (Wildman–Crippen MR) is 84.6 cm³/mol. The van der Waals surface area contributed by atoms with E-state index in [0.29, 0.717) is 12.3 Å². The van der Waals surface area contributed by atoms with Gasteiger partial charge in [-0.2, -0.15) is 0 Å². The molecule has 1 aromatic heterocycles. The molecule has 0 saturated heterocycles. The van der Waals surface area contributed by atoms with E-state index >= 15 is 0 Å². The van der Waals surface area contributed by atoms with Gasteiger partial charge in [0.05, 0.1) is 5.75 Å². The molecular weight excluding hydrogens is 308 g/mol. The van der Waals surface area contributed by atoms with E-state index < -0.39 is 10.0 Å². The molecule has 0 saturated carbocycles. The van der Waals surface area contributed by atoms with Gasteiger partial charge in [0.2, 0.25) is 10.0 Å². The van der Waals surface area contributed by atoms with Gasteiger partial charge in [0, 0.05) is 30.7 Å². The number of nitrogens with one attached hydrogen (secondary N) is 1. The molecule has 112 valence electrons. The molecule has 4 nitrogen and oxygen atoms in total. The highest BCUT2D eigenvalue weighted by molar-refractivity contribution is 7.89. The molecule has 0 unspecified atom stereocenters. The minimum absolute atomic E-state index is 0.0270. The highest BCUT2D eigenvalue weighted by atomic mass is 35.5. The number of sulfonamides is 1. The number of nitrogens with zero attached hydrogens (tertiary/aromatic N) is 1. The van der Waals surface area contributed by atoms with Crippen molar-refractivity contribution in [3.8, 4) is 0 Å². The van der Waals surface area contributed by atoms with Gasteiger partial charge in [0.1, 0.15) is 0 Å². The van der Waals surface area contributed by atoms with Gasteiger partial charge in [-0.1, -0.05) is 30.3 Å². The van der Waals surface area contributed by atoms with Crippen molar-refractivity contribution in [3.63, 3.8) is 0 Å². The third-order valence-electron chi connectivity index (χ3n) is 2.99. The molecule has 1 aromatic carbocycles. The van der Waals surface area contributed by atoms with Crippen molar-refractivity contribution >= 4 is 21.6 Å². The molecule has 2 rings (SSSR count). The molecule has 0 atom stereocenters. The Morgan fingerprint density at radius 2 is 1.90 bits per heavy atom. The van der Waals surface area contributed by atoms with Gasteiger partial charge >= 0.3 is 0 Å². The Hall–Kier alpha value is -1.43. The lowest BCUT2D eigenvalue weighted by Crippen LogP contribution is -2.27. The van der Waals surface area contributed by atoms with Crippen LogP contribution in [0.3, 0.4) is 0 Å². The summed E-state index contributed by atoms with van der Waals surface area (Å²) in [5.41, 5.74) is 2.64. The highest BCUT2D eigenvalue weighted by Gasteiger charge is 2.10. The molecular formula is C15H17ClN2O2S. The van der Waals surface area contributed by atoms with Gasteiger partial charge in [-0.25, -0.2) is 13.1 Å². The number of benzene rings is 1. The van der Waals surface area contributed by atoms with Crippen molar-refractivity contribution in [1.82, 2.24) is 9.71 Å². The molecule has 1 N–H and O–H groups in total. The summed E-state index contributed by atoms with van der Waals surface area (Å²) in [6.45, 7) is 0.273. The standard InChI is InChI=1S/C15H17ClN2O2S/c16-11-13-4-3-5-14(10-13)12-18-21(19,20)9-7-15-6-1-2-8-17-15/h1-6,8,10,18H,7,9,11-12H2. The van der Waals surface area contributed by atoms with E-state index in [4.69, 9.17) is 11.6 Å². The summed E-state index contributed by atoms with van der Waals surface area (Å²) in [5, 5.41) is 0. The average Bonchev–Trinajstić information content (AvgIpc) is 2.52. The third-order valence-corrected chi connectivity index (χ3v) is 4.63. The Bertz CT molecular complexity index is 675. The zero-order valence-corrected chi connectivity index (χ0v) is 13.1. The lowest BCUT2D eigenvalue weighted by atomic mass is 10.1. The van der Waals surface area contributed by atoms with Crippen LogP contribution in [0.4, 0.5) is 0 Å². The SMILES string of the molecule is O=S(=O)(CCc1ccccn1)NCc1cccc(CCl)c1. The summed E-state index contributed by atoms with van der Waals surface area (Å²) in [4.78, 5) is 4.12. The fourth-order valence-corrected chi connectivity index (χ4v) is 3.05. The number of alkyl halides is 1. The van der Waals surface area contributed by atoms with E-state index in [-0.39, 0.29) is 12.3 Å². The number of hydrogen-bond donors (Lipinski definition) is 1. The second-order valence-corrected chi connectivity index (χ2v) is 6.86. The van der Waals surface area contributed by atoms with Crippen molar-refractivity contribution in [2.45, 2.75) is 18.8 Å². The minimum Gasteiger partial charge on any atom is -0.261 e. The molecule has 0 aliphatic rings. The van der Waals surface area contributed by atoms with Crippen molar-refractivity contribution in [2.75, 3.05) is 5.75 Å². The topological polar surface area (TPSA) is 59.1 Å². The van der Waals surface area contributed by atoms with Crippen LogP contribution >= 0.6 is 11.6 Å². The molecule has 0 aliphatic carbocycles. The molecule has 0 amide bonds. The van der Waals surface area contributed by atoms with E-state index in [1.807, 2.05) is 36.4 Å². The summed E-state index contributed by atoms with van der Waals surface area (Å²) >= 11 is 5.76. The van der Waals surface area contributed by atoms with Crippen LogP contribution < -0.4 is 4.72 Å². The molecule has 0 fully saturated rings. The summed E-state index contributed by atoms with van der Waals surface area (Å²) < 4.78 is 26.5. The van der Waals surface area contributed by atoms with Gasteiger partial charge in [-0.3, -0.25) is 4.98 Å². The first kappa shape index (κ1) is 15.9. The molecule has 1 heterocycles. The molecule has 2 aromatic rings. The Kier molecular flexibility index (Phi) is 5.73. The summed E-state index contributed by atoms with van der Waals surface area (Å²) in [6.07, 6.45) is 2.06. The number of halogens is 1. The Morgan fingerprint density at radius 3 is 2.62 bits per heavy atom. The Morgan fingerprint density at radius 1 is 1.10 bits per heavy atom. The lowest BCUT2D eigenvalue weighted by molar-refractivity contribution is 0.580. The quantitative estimate of drug-likeness (QED) is 0.796. The van der Waals surface area contributed by atoms with Crippen molar-refractivity contribution < 1.29 is 8.42 Å². The molecule has 0 bridgehead atoms. The molecule has 0 aliphatic heterocycles. The zero-order chi connectivity index (χ0) is 15.1. The maximum absolute atomic E-state index is 12.0. The van der Waals surface area contributed by atoms with E-state index in [0.717, 1.165) is 16.8 Å². The van der Waals surface area contributed by atoms with Gasteiger partial charge in [0.15, 0.2) is 0 Å². The second-order valence-electron chi connectivity index (χ2n) is 4.66. The lowest BCUT2D eigenvalue weighted by Gasteiger charge is -2.07. The third kappa shape index (κ3) is 5.46. The summed E-state index contributed by atoms with van der Waals surface area (Å²) in [5.74, 6) is 0.444. The number of pyridine rings is 1. The normalized spacial score (nSPS) is 11.5. The van der Waals surface area contributed by atoms with Crippen LogP contribution in [-0.2, 0) is 28.9 Å². The van der Waals surface area contributed by atoms with E-state index in [1.165, 1.54) is 0 Å². The van der Waals surface area contributed by atoms with E-state index in [1.54, 1.807) is 12.3 Å². The maximum Gasteiger partial charge on any atom is 0.212 e. The monoisotopic (exact) mass is 324 g/mol. The van der Waals surface area contributed by atoms with Crippen LogP contribution in [0.25, 0.3) is 0 Å². The number of aryl methyl sites for hydroxylation is 1. The fourth-order valence-electron chi connectivity index (χ4n) is 1.87. The number of rotatable bonds is 7. The van der Waals surface area contributed by atoms with Crippen LogP contribution in [-0.4, -0.2) is 19.2 Å². The average molecular weight is 325 g/mol. The van der Waals surface area contributed by atoms with E-state index in [9.17, 15) is 8.42 Å². The Balaban J connectivity index is 1.89. The maximum atomic E-state index is 12.0. The Labute approximate surface area is 130 Å². The molecule has 6 heteroatoms. The zero-order valence-electron chi connectivity index (χ0n) is 11.5. The number of hydrogen-bond acceptors (Lipinski definition) is 3. The first-order valence-electron chi connectivity index (χ1n) is 6.60. The van der Waals surface area contributed by atoms with Crippen molar-refractivity contribution in [1.29, 1.82) is 0 Å². The molecule has 0 spiro atoms. The largest absolute Gasteiger partial charge is 0.261 e. The summed E-state index contributed by atoms with van der Waals surface area (Å²) in [7, 11) is -3.32. The fraction of sp³-hybridized carbons (Fsp3) is 0.267. The first-order valence-corrected chi connectivity index (χ1v) is 8.79. The van der Waals surface area contributed by atoms with Crippen LogP contribution in [0.5, 0.6) is 0 Å². The van der Waals surface area contributed by atoms with Gasteiger partial charge in [0.25, 0.3) is 0 Å². The van der Waals surface area contributed by atoms with Gasteiger partial charge in [-0.05, 0) is 23.3 Å². The first-order chi connectivity index (χ1) is 10.1. The summed E-state index contributed by atoms with van der Waals surface area (Å²) in [6, 6.07) is 13.0. The van der Waals surface area contributed by atoms with Crippen LogP contribution in [0.1, 0.15) is 16.8 Å². The van der Waals surface area contributed by atoms with Crippen molar-refractivity contribution in [2.24, 2.45) is 0 Å². The smallest absolute Gasteiger partial charge is 0.212 e. The predicted octanol–water partition coefficient (Wildman–Crippen LogP) is 2.48. The molecule has 21 heavy (non-hydrogen) atoms.